The van der Waals surface area contributed by atoms with Crippen LogP contribution in [0.25, 0.3) is 0 Å². The quantitative estimate of drug-likeness (QED) is 0.724. The SMILES string of the molecule is CC(=O)c1cnc(N2CCC(C)C2C)s1. The van der Waals surface area contributed by atoms with Crippen molar-refractivity contribution in [2.75, 3.05) is 11.4 Å². The molecule has 0 aliphatic carbocycles. The van der Waals surface area contributed by atoms with Gasteiger partial charge in [0, 0.05) is 19.5 Å². The summed E-state index contributed by atoms with van der Waals surface area (Å²) in [7, 11) is 0. The van der Waals surface area contributed by atoms with Crippen molar-refractivity contribution in [2.45, 2.75) is 33.2 Å². The van der Waals surface area contributed by atoms with Crippen LogP contribution in [-0.2, 0) is 0 Å². The van der Waals surface area contributed by atoms with Gasteiger partial charge in [0.2, 0.25) is 0 Å². The Bertz CT molecular complexity index is 374. The Kier molecular flexibility index (Phi) is 2.78. The molecule has 4 heteroatoms. The van der Waals surface area contributed by atoms with Gasteiger partial charge in [0.1, 0.15) is 0 Å². The zero-order valence-corrected chi connectivity index (χ0v) is 10.2. The average molecular weight is 224 g/mol. The Morgan fingerprint density at radius 3 is 2.80 bits per heavy atom. The Balaban J connectivity index is 2.19. The molecule has 0 amide bonds. The summed E-state index contributed by atoms with van der Waals surface area (Å²) in [4.78, 5) is 18.6. The maximum absolute atomic E-state index is 11.2. The first-order valence-corrected chi connectivity index (χ1v) is 6.14. The third-order valence-electron chi connectivity index (χ3n) is 3.23. The molecule has 0 radical (unpaired) electrons. The second kappa shape index (κ2) is 3.93. The highest BCUT2D eigenvalue weighted by Gasteiger charge is 2.29. The predicted octanol–water partition coefficient (Wildman–Crippen LogP) is 2.58. The number of hydrogen-bond donors (Lipinski definition) is 0. The molecule has 2 heterocycles. The van der Waals surface area contributed by atoms with Crippen LogP contribution in [0, 0.1) is 5.92 Å². The molecule has 82 valence electrons. The molecule has 1 aliphatic rings. The van der Waals surface area contributed by atoms with Crippen LogP contribution < -0.4 is 4.90 Å². The van der Waals surface area contributed by atoms with E-state index in [1.807, 2.05) is 0 Å². The number of carbonyl (C=O) groups excluding carboxylic acids is 1. The van der Waals surface area contributed by atoms with Crippen molar-refractivity contribution in [3.63, 3.8) is 0 Å². The van der Waals surface area contributed by atoms with Gasteiger partial charge in [-0.3, -0.25) is 4.79 Å². The first kappa shape index (κ1) is 10.6. The normalized spacial score (nSPS) is 25.9. The van der Waals surface area contributed by atoms with Gasteiger partial charge in [0.25, 0.3) is 0 Å². The summed E-state index contributed by atoms with van der Waals surface area (Å²) in [6.07, 6.45) is 2.91. The fourth-order valence-electron chi connectivity index (χ4n) is 1.93. The van der Waals surface area contributed by atoms with Gasteiger partial charge in [-0.25, -0.2) is 4.98 Å². The van der Waals surface area contributed by atoms with E-state index in [0.717, 1.165) is 22.5 Å². The van der Waals surface area contributed by atoms with Gasteiger partial charge < -0.3 is 4.90 Å². The second-order valence-electron chi connectivity index (χ2n) is 4.26. The van der Waals surface area contributed by atoms with Gasteiger partial charge in [-0.1, -0.05) is 18.3 Å². The van der Waals surface area contributed by atoms with E-state index in [-0.39, 0.29) is 5.78 Å². The Hall–Kier alpha value is -0.900. The summed E-state index contributed by atoms with van der Waals surface area (Å²) in [5.74, 6) is 0.827. The summed E-state index contributed by atoms with van der Waals surface area (Å²) >= 11 is 1.51. The Morgan fingerprint density at radius 2 is 2.33 bits per heavy atom. The van der Waals surface area contributed by atoms with Crippen LogP contribution >= 0.6 is 11.3 Å². The van der Waals surface area contributed by atoms with Crippen molar-refractivity contribution >= 4 is 22.3 Å². The maximum atomic E-state index is 11.2. The van der Waals surface area contributed by atoms with Crippen molar-refractivity contribution in [2.24, 2.45) is 5.92 Å². The lowest BCUT2D eigenvalue weighted by molar-refractivity contribution is 0.102. The number of rotatable bonds is 2. The lowest BCUT2D eigenvalue weighted by Crippen LogP contribution is -2.28. The number of Topliss-reactive ketones (excluding diaryl/α,β-unsaturated/α-hetero) is 1. The van der Waals surface area contributed by atoms with Gasteiger partial charge in [-0.15, -0.1) is 0 Å². The van der Waals surface area contributed by atoms with Crippen LogP contribution in [0.1, 0.15) is 36.9 Å². The molecule has 0 aromatic carbocycles. The molecule has 0 N–H and O–H groups in total. The van der Waals surface area contributed by atoms with E-state index < -0.39 is 0 Å². The minimum atomic E-state index is 0.110. The molecule has 15 heavy (non-hydrogen) atoms. The van der Waals surface area contributed by atoms with E-state index in [1.165, 1.54) is 17.8 Å². The number of nitrogens with zero attached hydrogens (tertiary/aromatic N) is 2. The van der Waals surface area contributed by atoms with Gasteiger partial charge >= 0.3 is 0 Å². The van der Waals surface area contributed by atoms with Crippen molar-refractivity contribution in [1.82, 2.24) is 4.98 Å². The van der Waals surface area contributed by atoms with Crippen molar-refractivity contribution in [1.29, 1.82) is 0 Å². The fourth-order valence-corrected chi connectivity index (χ4v) is 2.85. The van der Waals surface area contributed by atoms with Crippen LogP contribution in [0.5, 0.6) is 0 Å². The number of hydrogen-bond acceptors (Lipinski definition) is 4. The van der Waals surface area contributed by atoms with Crippen LogP contribution in [0.4, 0.5) is 5.13 Å². The smallest absolute Gasteiger partial charge is 0.186 e. The van der Waals surface area contributed by atoms with Crippen LogP contribution in [0.3, 0.4) is 0 Å². The first-order valence-electron chi connectivity index (χ1n) is 5.33. The summed E-state index contributed by atoms with van der Waals surface area (Å²) < 4.78 is 0. The van der Waals surface area contributed by atoms with Gasteiger partial charge in [-0.2, -0.15) is 0 Å². The molecule has 1 saturated heterocycles. The zero-order valence-electron chi connectivity index (χ0n) is 9.36. The number of carbonyl (C=O) groups is 1. The molecular weight excluding hydrogens is 208 g/mol. The minimum Gasteiger partial charge on any atom is -0.345 e. The van der Waals surface area contributed by atoms with Gasteiger partial charge in [0.15, 0.2) is 10.9 Å². The highest BCUT2D eigenvalue weighted by Crippen LogP contribution is 2.32. The number of anilines is 1. The number of ketones is 1. The van der Waals surface area contributed by atoms with Gasteiger partial charge in [0.05, 0.1) is 11.1 Å². The number of aromatic nitrogens is 1. The first-order chi connectivity index (χ1) is 7.09. The molecule has 2 atom stereocenters. The average Bonchev–Trinajstić information content (AvgIpc) is 2.76. The maximum Gasteiger partial charge on any atom is 0.186 e. The Labute approximate surface area is 94.1 Å². The van der Waals surface area contributed by atoms with E-state index in [1.54, 1.807) is 13.1 Å². The summed E-state index contributed by atoms with van der Waals surface area (Å²) in [6, 6.07) is 0.538. The molecule has 0 bridgehead atoms. The molecule has 1 aliphatic heterocycles. The minimum absolute atomic E-state index is 0.110. The molecule has 2 rings (SSSR count). The molecular formula is C11H16N2OS. The van der Waals surface area contributed by atoms with Crippen LogP contribution in [0.15, 0.2) is 6.20 Å². The molecule has 1 aromatic rings. The van der Waals surface area contributed by atoms with Crippen molar-refractivity contribution in [3.05, 3.63) is 11.1 Å². The predicted molar refractivity (Wildman–Crippen MR) is 62.7 cm³/mol. The monoisotopic (exact) mass is 224 g/mol. The molecule has 0 spiro atoms. The fraction of sp³-hybridized carbons (Fsp3) is 0.636. The highest BCUT2D eigenvalue weighted by atomic mass is 32.1. The lowest BCUT2D eigenvalue weighted by atomic mass is 10.1. The third-order valence-corrected chi connectivity index (χ3v) is 4.36. The third kappa shape index (κ3) is 1.91. The molecule has 1 aromatic heterocycles. The highest BCUT2D eigenvalue weighted by molar-refractivity contribution is 7.17. The van der Waals surface area contributed by atoms with Crippen molar-refractivity contribution < 1.29 is 4.79 Å². The van der Waals surface area contributed by atoms with Crippen LogP contribution in [0.2, 0.25) is 0 Å². The van der Waals surface area contributed by atoms with E-state index in [2.05, 4.69) is 23.7 Å². The summed E-state index contributed by atoms with van der Waals surface area (Å²) in [5.41, 5.74) is 0. The van der Waals surface area contributed by atoms with Crippen molar-refractivity contribution in [3.8, 4) is 0 Å². The zero-order chi connectivity index (χ0) is 11.0. The van der Waals surface area contributed by atoms with E-state index in [4.69, 9.17) is 0 Å². The Morgan fingerprint density at radius 1 is 1.60 bits per heavy atom. The second-order valence-corrected chi connectivity index (χ2v) is 5.27. The summed E-state index contributed by atoms with van der Waals surface area (Å²) in [5, 5.41) is 0.997. The molecule has 0 saturated carbocycles. The molecule has 1 fully saturated rings. The van der Waals surface area contributed by atoms with Gasteiger partial charge in [-0.05, 0) is 19.3 Å². The molecule has 2 unspecified atom stereocenters. The van der Waals surface area contributed by atoms with E-state index >= 15 is 0 Å². The molecule has 3 nitrogen and oxygen atoms in total. The standard InChI is InChI=1S/C11H16N2OS/c1-7-4-5-13(8(7)2)11-12-6-10(15-11)9(3)14/h6-8H,4-5H2,1-3H3. The van der Waals surface area contributed by atoms with E-state index in [0.29, 0.717) is 6.04 Å². The largest absolute Gasteiger partial charge is 0.345 e. The number of thiazole rings is 1. The summed E-state index contributed by atoms with van der Waals surface area (Å²) in [6.45, 7) is 7.15. The topological polar surface area (TPSA) is 33.2 Å². The van der Waals surface area contributed by atoms with Crippen LogP contribution in [-0.4, -0.2) is 23.4 Å². The lowest BCUT2D eigenvalue weighted by Gasteiger charge is -2.22. The van der Waals surface area contributed by atoms with E-state index in [9.17, 15) is 4.79 Å².